The summed E-state index contributed by atoms with van der Waals surface area (Å²) in [6.45, 7) is -0.494. The maximum atomic E-state index is 14.2. The molecule has 0 heterocycles. The van der Waals surface area contributed by atoms with Crippen molar-refractivity contribution in [3.8, 4) is 0 Å². The van der Waals surface area contributed by atoms with Gasteiger partial charge >= 0.3 is 6.18 Å². The molecular formula is C16H11BrClF4NO. The Morgan fingerprint density at radius 2 is 1.88 bits per heavy atom. The first-order valence-corrected chi connectivity index (χ1v) is 7.90. The summed E-state index contributed by atoms with van der Waals surface area (Å²) in [5, 5.41) is 2.32. The summed E-state index contributed by atoms with van der Waals surface area (Å²) >= 11 is 9.09. The van der Waals surface area contributed by atoms with Gasteiger partial charge in [-0.3, -0.25) is 4.79 Å². The van der Waals surface area contributed by atoms with Gasteiger partial charge in [-0.2, -0.15) is 13.2 Å². The molecule has 2 aromatic carbocycles. The fourth-order valence-electron chi connectivity index (χ4n) is 2.07. The number of carbonyl (C=O) groups excluding carboxylic acids is 1. The lowest BCUT2D eigenvalue weighted by atomic mass is 10.1. The van der Waals surface area contributed by atoms with Gasteiger partial charge in [0, 0.05) is 15.1 Å². The summed E-state index contributed by atoms with van der Waals surface area (Å²) in [5.41, 5.74) is -1.48. The Hall–Kier alpha value is -1.60. The monoisotopic (exact) mass is 423 g/mol. The highest BCUT2D eigenvalue weighted by molar-refractivity contribution is 9.10. The Kier molecular flexibility index (Phi) is 5.87. The van der Waals surface area contributed by atoms with E-state index in [1.165, 1.54) is 24.3 Å². The standard InChI is InChI=1S/C16H11BrClF4NO/c17-9-5-6-11(13(18)7-9)14(19)8-23-15(24)10-3-1-2-4-12(10)16(20,21)22/h1-7,14H,8H2,(H,23,24)/t14-/m0/s1. The summed E-state index contributed by atoms with van der Waals surface area (Å²) in [6.07, 6.45) is -6.31. The normalized spacial score (nSPS) is 12.8. The summed E-state index contributed by atoms with van der Waals surface area (Å²) in [7, 11) is 0. The van der Waals surface area contributed by atoms with Gasteiger partial charge in [-0.25, -0.2) is 4.39 Å². The number of hydrogen-bond donors (Lipinski definition) is 1. The van der Waals surface area contributed by atoms with Crippen molar-refractivity contribution in [2.45, 2.75) is 12.3 Å². The first kappa shape index (κ1) is 18.7. The maximum absolute atomic E-state index is 14.2. The van der Waals surface area contributed by atoms with Crippen molar-refractivity contribution in [2.75, 3.05) is 6.54 Å². The van der Waals surface area contributed by atoms with Crippen LogP contribution in [0.5, 0.6) is 0 Å². The van der Waals surface area contributed by atoms with E-state index in [1.54, 1.807) is 6.07 Å². The van der Waals surface area contributed by atoms with E-state index in [9.17, 15) is 22.4 Å². The first-order valence-electron chi connectivity index (χ1n) is 6.73. The zero-order valence-electron chi connectivity index (χ0n) is 12.0. The number of alkyl halides is 4. The predicted molar refractivity (Wildman–Crippen MR) is 86.8 cm³/mol. The van der Waals surface area contributed by atoms with Crippen molar-refractivity contribution in [3.63, 3.8) is 0 Å². The molecule has 0 aliphatic carbocycles. The minimum Gasteiger partial charge on any atom is -0.349 e. The van der Waals surface area contributed by atoms with Crippen LogP contribution in [0.2, 0.25) is 5.02 Å². The second-order valence-electron chi connectivity index (χ2n) is 4.89. The molecule has 2 rings (SSSR count). The molecule has 0 radical (unpaired) electrons. The van der Waals surface area contributed by atoms with Crippen LogP contribution >= 0.6 is 27.5 Å². The van der Waals surface area contributed by atoms with Crippen LogP contribution in [-0.4, -0.2) is 12.5 Å². The van der Waals surface area contributed by atoms with Gasteiger partial charge in [0.05, 0.1) is 17.7 Å². The first-order chi connectivity index (χ1) is 11.2. The Morgan fingerprint density at radius 3 is 2.50 bits per heavy atom. The van der Waals surface area contributed by atoms with E-state index in [0.717, 1.165) is 12.1 Å². The zero-order chi connectivity index (χ0) is 17.9. The lowest BCUT2D eigenvalue weighted by Crippen LogP contribution is -2.29. The minimum atomic E-state index is -4.67. The van der Waals surface area contributed by atoms with E-state index in [0.29, 0.717) is 4.47 Å². The highest BCUT2D eigenvalue weighted by Crippen LogP contribution is 2.32. The number of halogens is 6. The molecule has 2 nitrogen and oxygen atoms in total. The van der Waals surface area contributed by atoms with Crippen LogP contribution in [0.3, 0.4) is 0 Å². The molecule has 0 saturated carbocycles. The predicted octanol–water partition coefficient (Wildman–Crippen LogP) is 5.56. The molecule has 1 atom stereocenters. The van der Waals surface area contributed by atoms with Crippen LogP contribution in [0.1, 0.15) is 27.7 Å². The third kappa shape index (κ3) is 4.48. The Balaban J connectivity index is 2.11. The number of benzene rings is 2. The van der Waals surface area contributed by atoms with Crippen LogP contribution in [0.15, 0.2) is 46.9 Å². The molecule has 0 aliphatic heterocycles. The Labute approximate surface area is 148 Å². The van der Waals surface area contributed by atoms with E-state index < -0.39 is 35.9 Å². The fraction of sp³-hybridized carbons (Fsp3) is 0.188. The lowest BCUT2D eigenvalue weighted by molar-refractivity contribution is -0.137. The summed E-state index contributed by atoms with van der Waals surface area (Å²) < 4.78 is 53.5. The smallest absolute Gasteiger partial charge is 0.349 e. The SMILES string of the molecule is O=C(NC[C@H](F)c1ccc(Br)cc1Cl)c1ccccc1C(F)(F)F. The lowest BCUT2D eigenvalue weighted by Gasteiger charge is -2.15. The zero-order valence-corrected chi connectivity index (χ0v) is 14.3. The van der Waals surface area contributed by atoms with Crippen molar-refractivity contribution >= 4 is 33.4 Å². The second-order valence-corrected chi connectivity index (χ2v) is 6.21. The van der Waals surface area contributed by atoms with E-state index in [2.05, 4.69) is 21.2 Å². The van der Waals surface area contributed by atoms with E-state index in [4.69, 9.17) is 11.6 Å². The van der Waals surface area contributed by atoms with Crippen molar-refractivity contribution in [1.82, 2.24) is 5.32 Å². The minimum absolute atomic E-state index is 0.143. The topological polar surface area (TPSA) is 29.1 Å². The largest absolute Gasteiger partial charge is 0.417 e. The molecule has 0 saturated heterocycles. The molecule has 0 fully saturated rings. The van der Waals surface area contributed by atoms with Crippen molar-refractivity contribution in [3.05, 3.63) is 68.7 Å². The highest BCUT2D eigenvalue weighted by Gasteiger charge is 2.34. The van der Waals surface area contributed by atoms with Crippen LogP contribution in [-0.2, 0) is 6.18 Å². The third-order valence-corrected chi connectivity index (χ3v) is 4.04. The number of hydrogen-bond acceptors (Lipinski definition) is 1. The van der Waals surface area contributed by atoms with E-state index >= 15 is 0 Å². The fourth-order valence-corrected chi connectivity index (χ4v) is 2.86. The van der Waals surface area contributed by atoms with E-state index in [1.807, 2.05) is 0 Å². The van der Waals surface area contributed by atoms with Crippen molar-refractivity contribution < 1.29 is 22.4 Å². The molecule has 0 bridgehead atoms. The van der Waals surface area contributed by atoms with E-state index in [-0.39, 0.29) is 10.6 Å². The number of carbonyl (C=O) groups is 1. The molecule has 8 heteroatoms. The van der Waals surface area contributed by atoms with Gasteiger partial charge in [0.25, 0.3) is 5.91 Å². The molecule has 128 valence electrons. The third-order valence-electron chi connectivity index (χ3n) is 3.22. The van der Waals surface area contributed by atoms with Gasteiger partial charge in [0.15, 0.2) is 0 Å². The van der Waals surface area contributed by atoms with Gasteiger partial charge in [-0.05, 0) is 24.3 Å². The second kappa shape index (κ2) is 7.53. The molecule has 1 N–H and O–H groups in total. The molecule has 1 amide bonds. The van der Waals surface area contributed by atoms with Crippen LogP contribution in [0, 0.1) is 0 Å². The van der Waals surface area contributed by atoms with Gasteiger partial charge in [-0.1, -0.05) is 45.7 Å². The summed E-state index contributed by atoms with van der Waals surface area (Å²) in [6, 6.07) is 8.83. The van der Waals surface area contributed by atoms with Crippen LogP contribution in [0.4, 0.5) is 17.6 Å². The highest BCUT2D eigenvalue weighted by atomic mass is 79.9. The van der Waals surface area contributed by atoms with Gasteiger partial charge in [-0.15, -0.1) is 0 Å². The maximum Gasteiger partial charge on any atom is 0.417 e. The van der Waals surface area contributed by atoms with Crippen molar-refractivity contribution in [2.24, 2.45) is 0 Å². The number of rotatable bonds is 4. The van der Waals surface area contributed by atoms with Gasteiger partial charge in [0.2, 0.25) is 0 Å². The van der Waals surface area contributed by atoms with Crippen LogP contribution in [0.25, 0.3) is 0 Å². The summed E-state index contributed by atoms with van der Waals surface area (Å²) in [5.74, 6) is -1.00. The Bertz CT molecular complexity index is 751. The molecule has 0 aromatic heterocycles. The van der Waals surface area contributed by atoms with Crippen molar-refractivity contribution in [1.29, 1.82) is 0 Å². The van der Waals surface area contributed by atoms with Crippen LogP contribution < -0.4 is 5.32 Å². The molecular weight excluding hydrogens is 414 g/mol. The molecule has 24 heavy (non-hydrogen) atoms. The summed E-state index contributed by atoms with van der Waals surface area (Å²) in [4.78, 5) is 12.0. The van der Waals surface area contributed by atoms with Gasteiger partial charge < -0.3 is 5.32 Å². The Morgan fingerprint density at radius 1 is 1.21 bits per heavy atom. The number of nitrogens with one attached hydrogen (secondary N) is 1. The molecule has 0 aliphatic rings. The average molecular weight is 425 g/mol. The molecule has 2 aromatic rings. The average Bonchev–Trinajstić information content (AvgIpc) is 2.51. The van der Waals surface area contributed by atoms with Gasteiger partial charge in [0.1, 0.15) is 6.17 Å². The quantitative estimate of drug-likeness (QED) is 0.640. The molecule has 0 spiro atoms. The molecule has 0 unspecified atom stereocenters. The number of amides is 1.